The molecule has 0 bridgehead atoms. The van der Waals surface area contributed by atoms with Crippen LogP contribution in [0.4, 0.5) is 17.4 Å². The summed E-state index contributed by atoms with van der Waals surface area (Å²) in [5.74, 6) is 6.57. The molecule has 1 saturated heterocycles. The molecule has 2 heterocycles. The van der Waals surface area contributed by atoms with Gasteiger partial charge in [0.25, 0.3) is 5.89 Å². The second-order valence-electron chi connectivity index (χ2n) is 8.56. The van der Waals surface area contributed by atoms with Gasteiger partial charge in [-0.25, -0.2) is 0 Å². The first-order valence-electron chi connectivity index (χ1n) is 10.3. The van der Waals surface area contributed by atoms with E-state index in [9.17, 15) is 4.79 Å². The Hall–Kier alpha value is -2.81. The number of carbonyl (C=O) groups excluding carboxylic acids is 1. The van der Waals surface area contributed by atoms with Gasteiger partial charge < -0.3 is 25.8 Å². The third kappa shape index (κ3) is 3.50. The third-order valence-corrected chi connectivity index (χ3v) is 6.62. The molecule has 1 aromatic carbocycles. The number of nitrogens with zero attached hydrogens (tertiary/aromatic N) is 3. The molecule has 9 heteroatoms. The highest BCUT2D eigenvalue weighted by atomic mass is 16.4. The molecule has 0 atom stereocenters. The van der Waals surface area contributed by atoms with Crippen molar-refractivity contribution in [2.24, 2.45) is 11.3 Å². The Morgan fingerprint density at radius 2 is 1.97 bits per heavy atom. The lowest BCUT2D eigenvalue weighted by Gasteiger charge is -2.32. The number of rotatable bonds is 6. The van der Waals surface area contributed by atoms with Crippen molar-refractivity contribution in [2.75, 3.05) is 36.1 Å². The maximum atomic E-state index is 12.5. The van der Waals surface area contributed by atoms with Crippen molar-refractivity contribution in [3.8, 4) is 11.5 Å². The number of nitrogens with two attached hydrogens (primary N) is 2. The van der Waals surface area contributed by atoms with Crippen molar-refractivity contribution in [1.82, 2.24) is 15.1 Å². The zero-order valence-electron chi connectivity index (χ0n) is 16.4. The van der Waals surface area contributed by atoms with Crippen LogP contribution in [-0.2, 0) is 4.79 Å². The topological polar surface area (TPSA) is 135 Å². The first-order valence-corrected chi connectivity index (χ1v) is 10.3. The number of nitrogens with one attached hydrogen (secondary N) is 2. The number of nitrogen functional groups attached to an aromatic ring is 2. The fraction of sp³-hybridized carbons (Fsp3) is 0.550. The molecule has 154 valence electrons. The molecule has 1 aliphatic heterocycles. The molecule has 3 aliphatic rings. The highest BCUT2D eigenvalue weighted by Gasteiger charge is 2.45. The van der Waals surface area contributed by atoms with E-state index in [1.807, 2.05) is 17.0 Å². The van der Waals surface area contributed by atoms with Crippen LogP contribution in [-0.4, -0.2) is 40.6 Å². The van der Waals surface area contributed by atoms with Crippen LogP contribution in [0.15, 0.2) is 16.5 Å². The summed E-state index contributed by atoms with van der Waals surface area (Å²) >= 11 is 0. The van der Waals surface area contributed by atoms with Gasteiger partial charge in [0.05, 0.1) is 23.5 Å². The Kier molecular flexibility index (Phi) is 4.34. The number of piperidine rings is 1. The zero-order valence-corrected chi connectivity index (χ0v) is 16.4. The first kappa shape index (κ1) is 18.2. The van der Waals surface area contributed by atoms with E-state index < -0.39 is 0 Å². The van der Waals surface area contributed by atoms with Gasteiger partial charge in [-0.15, -0.1) is 5.10 Å². The Labute approximate surface area is 169 Å². The smallest absolute Gasteiger partial charge is 0.316 e. The number of anilines is 3. The molecule has 5 rings (SSSR count). The van der Waals surface area contributed by atoms with Gasteiger partial charge in [-0.2, -0.15) is 0 Å². The third-order valence-electron chi connectivity index (χ3n) is 6.62. The second-order valence-corrected chi connectivity index (χ2v) is 8.56. The molecule has 2 aromatic rings. The maximum Gasteiger partial charge on any atom is 0.316 e. The molecule has 29 heavy (non-hydrogen) atoms. The van der Waals surface area contributed by atoms with E-state index in [2.05, 4.69) is 20.9 Å². The van der Waals surface area contributed by atoms with Gasteiger partial charge in [0.2, 0.25) is 5.91 Å². The summed E-state index contributed by atoms with van der Waals surface area (Å²) in [6.07, 6.45) is 7.18. The highest BCUT2D eigenvalue weighted by Crippen LogP contribution is 2.53. The lowest BCUT2D eigenvalue weighted by molar-refractivity contribution is -0.130. The van der Waals surface area contributed by atoms with Gasteiger partial charge in [0.1, 0.15) is 0 Å². The summed E-state index contributed by atoms with van der Waals surface area (Å²) in [4.78, 5) is 14.4. The number of likely N-dealkylation sites (tertiary alicyclic amines) is 1. The molecule has 1 spiro atoms. The first-order chi connectivity index (χ1) is 14.1. The SMILES string of the molecule is NNc1c(-c2nnc(NCC(=O)N3CCC4(CC3)CC4)o2)ccc(C2CC2)c1N. The van der Waals surface area contributed by atoms with Crippen LogP contribution >= 0.6 is 0 Å². The van der Waals surface area contributed by atoms with Gasteiger partial charge in [0, 0.05) is 13.1 Å². The number of hydrazine groups is 1. The van der Waals surface area contributed by atoms with Crippen molar-refractivity contribution >= 4 is 23.3 Å². The van der Waals surface area contributed by atoms with Crippen molar-refractivity contribution in [3.05, 3.63) is 17.7 Å². The zero-order chi connectivity index (χ0) is 20.0. The maximum absolute atomic E-state index is 12.5. The average Bonchev–Trinajstić information content (AvgIpc) is 3.66. The van der Waals surface area contributed by atoms with Gasteiger partial charge >= 0.3 is 6.01 Å². The van der Waals surface area contributed by atoms with Crippen LogP contribution in [0.3, 0.4) is 0 Å². The summed E-state index contributed by atoms with van der Waals surface area (Å²) in [5, 5.41) is 11.0. The standard InChI is InChI=1S/C20H27N7O2/c21-16-13(12-1-2-12)3-4-14(17(16)24-22)18-25-26-19(29-18)23-11-15(28)27-9-7-20(5-6-20)8-10-27/h3-4,12,24H,1-2,5-11,21-22H2,(H,23,26). The summed E-state index contributed by atoms with van der Waals surface area (Å²) in [7, 11) is 0. The van der Waals surface area contributed by atoms with Gasteiger partial charge in [0.15, 0.2) is 0 Å². The number of benzene rings is 1. The molecule has 0 unspecified atom stereocenters. The molecule has 2 saturated carbocycles. The Morgan fingerprint density at radius 3 is 2.62 bits per heavy atom. The van der Waals surface area contributed by atoms with Crippen LogP contribution in [0.1, 0.15) is 50.0 Å². The van der Waals surface area contributed by atoms with Crippen LogP contribution in [0.5, 0.6) is 0 Å². The molecule has 2 aliphatic carbocycles. The molecular weight excluding hydrogens is 370 g/mol. The molecule has 3 fully saturated rings. The monoisotopic (exact) mass is 397 g/mol. The minimum absolute atomic E-state index is 0.0580. The van der Waals surface area contributed by atoms with Gasteiger partial charge in [-0.3, -0.25) is 10.6 Å². The van der Waals surface area contributed by atoms with E-state index in [4.69, 9.17) is 16.0 Å². The number of hydrogen-bond donors (Lipinski definition) is 4. The van der Waals surface area contributed by atoms with Crippen LogP contribution in [0.2, 0.25) is 0 Å². The lowest BCUT2D eigenvalue weighted by atomic mass is 9.94. The van der Waals surface area contributed by atoms with Crippen LogP contribution < -0.4 is 22.3 Å². The summed E-state index contributed by atoms with van der Waals surface area (Å²) in [6, 6.07) is 4.09. The Bertz CT molecular complexity index is 923. The quantitative estimate of drug-likeness (QED) is 0.331. The lowest BCUT2D eigenvalue weighted by Crippen LogP contribution is -2.41. The Morgan fingerprint density at radius 1 is 1.21 bits per heavy atom. The number of amides is 1. The van der Waals surface area contributed by atoms with Crippen molar-refractivity contribution in [3.63, 3.8) is 0 Å². The molecular formula is C20H27N7O2. The van der Waals surface area contributed by atoms with E-state index in [-0.39, 0.29) is 18.5 Å². The van der Waals surface area contributed by atoms with E-state index >= 15 is 0 Å². The fourth-order valence-electron chi connectivity index (χ4n) is 4.29. The normalized spacial score (nSPS) is 20.0. The number of carbonyl (C=O) groups is 1. The number of aromatic nitrogens is 2. The Balaban J connectivity index is 1.24. The van der Waals surface area contributed by atoms with E-state index in [1.165, 1.54) is 12.8 Å². The average molecular weight is 397 g/mol. The van der Waals surface area contributed by atoms with Crippen LogP contribution in [0, 0.1) is 5.41 Å². The van der Waals surface area contributed by atoms with E-state index in [1.54, 1.807) is 0 Å². The van der Waals surface area contributed by atoms with E-state index in [0.717, 1.165) is 44.3 Å². The van der Waals surface area contributed by atoms with Crippen molar-refractivity contribution in [1.29, 1.82) is 0 Å². The van der Waals surface area contributed by atoms with Crippen LogP contribution in [0.25, 0.3) is 11.5 Å². The molecule has 1 amide bonds. The van der Waals surface area contributed by atoms with E-state index in [0.29, 0.717) is 34.2 Å². The minimum atomic E-state index is 0.0580. The summed E-state index contributed by atoms with van der Waals surface area (Å²) < 4.78 is 5.71. The van der Waals surface area contributed by atoms with Crippen molar-refractivity contribution < 1.29 is 9.21 Å². The molecule has 0 radical (unpaired) electrons. The fourth-order valence-corrected chi connectivity index (χ4v) is 4.29. The summed E-state index contributed by atoms with van der Waals surface area (Å²) in [6.45, 7) is 1.82. The van der Waals surface area contributed by atoms with Gasteiger partial charge in [-0.1, -0.05) is 11.2 Å². The predicted molar refractivity (Wildman–Crippen MR) is 110 cm³/mol. The molecule has 9 nitrogen and oxygen atoms in total. The number of hydrogen-bond acceptors (Lipinski definition) is 8. The van der Waals surface area contributed by atoms with Gasteiger partial charge in [-0.05, 0) is 61.5 Å². The summed E-state index contributed by atoms with van der Waals surface area (Å²) in [5.41, 5.74) is 12.5. The predicted octanol–water partition coefficient (Wildman–Crippen LogP) is 2.30. The molecule has 6 N–H and O–H groups in total. The molecule has 1 aromatic heterocycles. The largest absolute Gasteiger partial charge is 0.403 e. The van der Waals surface area contributed by atoms with Crippen molar-refractivity contribution in [2.45, 2.75) is 44.4 Å². The highest BCUT2D eigenvalue weighted by molar-refractivity contribution is 5.85. The minimum Gasteiger partial charge on any atom is -0.403 e. The second kappa shape index (κ2) is 6.91.